The molecule has 0 saturated carbocycles. The molecule has 1 N–H and O–H groups in total. The van der Waals surface area contributed by atoms with Crippen LogP contribution in [0.5, 0.6) is 0 Å². The Bertz CT molecular complexity index is 148. The zero-order valence-electron chi connectivity index (χ0n) is 7.46. The molecule has 1 rings (SSSR count). The fourth-order valence-corrected chi connectivity index (χ4v) is 1.56. The normalized spacial score (nSPS) is 20.0. The third-order valence-electron chi connectivity index (χ3n) is 2.33. The first kappa shape index (κ1) is 9.46. The largest absolute Gasteiger partial charge is 0.317 e. The zero-order valence-corrected chi connectivity index (χ0v) is 7.46. The van der Waals surface area contributed by atoms with Crippen molar-refractivity contribution in [3.05, 3.63) is 12.2 Å². The molecule has 2 nitrogen and oxygen atoms in total. The van der Waals surface area contributed by atoms with Crippen LogP contribution in [0.4, 0.5) is 0 Å². The first-order chi connectivity index (χ1) is 5.93. The molecule has 1 saturated heterocycles. The van der Waals surface area contributed by atoms with E-state index in [2.05, 4.69) is 11.4 Å². The smallest absolute Gasteiger partial charge is 0.123 e. The van der Waals surface area contributed by atoms with Crippen LogP contribution >= 0.6 is 0 Å². The number of carbonyl (C=O) groups is 1. The quantitative estimate of drug-likeness (QED) is 0.508. The van der Waals surface area contributed by atoms with Gasteiger partial charge >= 0.3 is 0 Å². The van der Waals surface area contributed by atoms with E-state index in [9.17, 15) is 4.79 Å². The van der Waals surface area contributed by atoms with Crippen LogP contribution in [-0.4, -0.2) is 19.4 Å². The average Bonchev–Trinajstić information content (AvgIpc) is 2.14. The Morgan fingerprint density at radius 1 is 1.25 bits per heavy atom. The summed E-state index contributed by atoms with van der Waals surface area (Å²) in [5, 5.41) is 3.34. The monoisotopic (exact) mass is 167 g/mol. The molecule has 1 aliphatic heterocycles. The Balaban J connectivity index is 2.08. The van der Waals surface area contributed by atoms with E-state index < -0.39 is 0 Å². The zero-order chi connectivity index (χ0) is 8.65. The van der Waals surface area contributed by atoms with Gasteiger partial charge in [-0.05, 0) is 38.3 Å². The first-order valence-electron chi connectivity index (χ1n) is 4.73. The standard InChI is InChI=1S/C10H17NO/c12-9-3-1-2-4-10-5-7-11-8-6-10/h1-2,9-11H,3-8H2/b2-1-. The van der Waals surface area contributed by atoms with Crippen LogP contribution in [0.15, 0.2) is 12.2 Å². The van der Waals surface area contributed by atoms with Crippen molar-refractivity contribution in [1.82, 2.24) is 5.32 Å². The second-order valence-electron chi connectivity index (χ2n) is 3.30. The lowest BCUT2D eigenvalue weighted by Gasteiger charge is -2.20. The second-order valence-corrected chi connectivity index (χ2v) is 3.30. The summed E-state index contributed by atoms with van der Waals surface area (Å²) in [6.45, 7) is 2.32. The highest BCUT2D eigenvalue weighted by Gasteiger charge is 2.10. The number of carbonyl (C=O) groups excluding carboxylic acids is 1. The van der Waals surface area contributed by atoms with Gasteiger partial charge in [0.05, 0.1) is 0 Å². The summed E-state index contributed by atoms with van der Waals surface area (Å²) < 4.78 is 0. The van der Waals surface area contributed by atoms with Gasteiger partial charge in [0.15, 0.2) is 0 Å². The predicted octanol–water partition coefficient (Wildman–Crippen LogP) is 1.52. The summed E-state index contributed by atoms with van der Waals surface area (Å²) in [5.74, 6) is 0.842. The van der Waals surface area contributed by atoms with Crippen molar-refractivity contribution in [2.45, 2.75) is 25.7 Å². The molecule has 0 aliphatic carbocycles. The molecule has 1 fully saturated rings. The summed E-state index contributed by atoms with van der Waals surface area (Å²) >= 11 is 0. The Morgan fingerprint density at radius 2 is 2.00 bits per heavy atom. The van der Waals surface area contributed by atoms with E-state index >= 15 is 0 Å². The highest BCUT2D eigenvalue weighted by molar-refractivity contribution is 5.51. The lowest BCUT2D eigenvalue weighted by molar-refractivity contribution is -0.107. The maximum Gasteiger partial charge on any atom is 0.123 e. The SMILES string of the molecule is O=CC/C=C\CC1CCNCC1. The van der Waals surface area contributed by atoms with Crippen LogP contribution in [0.25, 0.3) is 0 Å². The number of nitrogens with one attached hydrogen (secondary N) is 1. The van der Waals surface area contributed by atoms with Crippen LogP contribution in [0, 0.1) is 5.92 Å². The summed E-state index contributed by atoms with van der Waals surface area (Å²) in [4.78, 5) is 9.99. The van der Waals surface area contributed by atoms with E-state index in [4.69, 9.17) is 0 Å². The fourth-order valence-electron chi connectivity index (χ4n) is 1.56. The number of piperidine rings is 1. The Morgan fingerprint density at radius 3 is 2.67 bits per heavy atom. The molecule has 0 radical (unpaired) electrons. The molecule has 68 valence electrons. The molecule has 0 amide bonds. The van der Waals surface area contributed by atoms with E-state index in [0.29, 0.717) is 6.42 Å². The molecule has 0 atom stereocenters. The van der Waals surface area contributed by atoms with Crippen LogP contribution in [0.2, 0.25) is 0 Å². The van der Waals surface area contributed by atoms with E-state index in [1.54, 1.807) is 0 Å². The van der Waals surface area contributed by atoms with Crippen LogP contribution in [-0.2, 0) is 4.79 Å². The minimum absolute atomic E-state index is 0.574. The first-order valence-corrected chi connectivity index (χ1v) is 4.73. The number of hydrogen-bond acceptors (Lipinski definition) is 2. The maximum atomic E-state index is 9.99. The number of rotatable bonds is 4. The summed E-state index contributed by atoms with van der Waals surface area (Å²) in [5.41, 5.74) is 0. The molecular weight excluding hydrogens is 150 g/mol. The van der Waals surface area contributed by atoms with Gasteiger partial charge in [0.1, 0.15) is 6.29 Å². The summed E-state index contributed by atoms with van der Waals surface area (Å²) in [6.07, 6.45) is 9.34. The summed E-state index contributed by atoms with van der Waals surface area (Å²) in [6, 6.07) is 0. The molecule has 12 heavy (non-hydrogen) atoms. The van der Waals surface area contributed by atoms with Gasteiger partial charge in [0, 0.05) is 6.42 Å². The van der Waals surface area contributed by atoms with Gasteiger partial charge < -0.3 is 10.1 Å². The van der Waals surface area contributed by atoms with E-state index in [1.807, 2.05) is 6.08 Å². The van der Waals surface area contributed by atoms with Crippen molar-refractivity contribution in [2.24, 2.45) is 5.92 Å². The minimum Gasteiger partial charge on any atom is -0.317 e. The van der Waals surface area contributed by atoms with Gasteiger partial charge in [-0.3, -0.25) is 0 Å². The van der Waals surface area contributed by atoms with Crippen molar-refractivity contribution in [2.75, 3.05) is 13.1 Å². The summed E-state index contributed by atoms with van der Waals surface area (Å²) in [7, 11) is 0. The Hall–Kier alpha value is -0.630. The maximum absolute atomic E-state index is 9.99. The van der Waals surface area contributed by atoms with Crippen molar-refractivity contribution in [1.29, 1.82) is 0 Å². The van der Waals surface area contributed by atoms with Crippen LogP contribution in [0.1, 0.15) is 25.7 Å². The number of aldehydes is 1. The molecule has 0 aromatic carbocycles. The van der Waals surface area contributed by atoms with E-state index in [-0.39, 0.29) is 0 Å². The molecule has 0 bridgehead atoms. The lowest BCUT2D eigenvalue weighted by atomic mass is 9.94. The van der Waals surface area contributed by atoms with Crippen LogP contribution in [0.3, 0.4) is 0 Å². The molecule has 0 spiro atoms. The predicted molar refractivity (Wildman–Crippen MR) is 50.0 cm³/mol. The minimum atomic E-state index is 0.574. The van der Waals surface area contributed by atoms with Gasteiger partial charge in [0.25, 0.3) is 0 Å². The van der Waals surface area contributed by atoms with Gasteiger partial charge in [0.2, 0.25) is 0 Å². The molecule has 0 unspecified atom stereocenters. The van der Waals surface area contributed by atoms with Crippen molar-refractivity contribution >= 4 is 6.29 Å². The van der Waals surface area contributed by atoms with E-state index in [0.717, 1.165) is 31.7 Å². The molecule has 1 aliphatic rings. The molecule has 0 aromatic heterocycles. The van der Waals surface area contributed by atoms with Crippen LogP contribution < -0.4 is 5.32 Å². The van der Waals surface area contributed by atoms with Crippen molar-refractivity contribution < 1.29 is 4.79 Å². The Kier molecular flexibility index (Phi) is 4.69. The van der Waals surface area contributed by atoms with Gasteiger partial charge in [-0.2, -0.15) is 0 Å². The topological polar surface area (TPSA) is 29.1 Å². The number of allylic oxidation sites excluding steroid dienone is 2. The van der Waals surface area contributed by atoms with Gasteiger partial charge in [-0.15, -0.1) is 0 Å². The molecule has 2 heteroatoms. The van der Waals surface area contributed by atoms with Crippen molar-refractivity contribution in [3.8, 4) is 0 Å². The fraction of sp³-hybridized carbons (Fsp3) is 0.700. The average molecular weight is 167 g/mol. The Labute approximate surface area is 74.0 Å². The highest BCUT2D eigenvalue weighted by Crippen LogP contribution is 2.15. The lowest BCUT2D eigenvalue weighted by Crippen LogP contribution is -2.27. The van der Waals surface area contributed by atoms with Crippen molar-refractivity contribution in [3.63, 3.8) is 0 Å². The van der Waals surface area contributed by atoms with Gasteiger partial charge in [-0.25, -0.2) is 0 Å². The highest BCUT2D eigenvalue weighted by atomic mass is 16.1. The third-order valence-corrected chi connectivity index (χ3v) is 2.33. The molecule has 0 aromatic rings. The third kappa shape index (κ3) is 3.67. The van der Waals surface area contributed by atoms with E-state index in [1.165, 1.54) is 12.8 Å². The second kappa shape index (κ2) is 5.95. The molecular formula is C10H17NO. The molecule has 1 heterocycles. The van der Waals surface area contributed by atoms with Gasteiger partial charge in [-0.1, -0.05) is 12.2 Å². The number of hydrogen-bond donors (Lipinski definition) is 1.